The minimum absolute atomic E-state index is 0.00889. The number of thioether (sulfide) groups is 1. The van der Waals surface area contributed by atoms with Crippen LogP contribution in [-0.4, -0.2) is 17.4 Å². The lowest BCUT2D eigenvalue weighted by Gasteiger charge is -2.28. The Hall–Kier alpha value is -0.680. The van der Waals surface area contributed by atoms with Crippen LogP contribution in [0.1, 0.15) is 0 Å². The summed E-state index contributed by atoms with van der Waals surface area (Å²) in [7, 11) is 0. The molecular formula is C13H5Br2F7OS. The molecule has 0 aliphatic carbocycles. The Morgan fingerprint density at radius 3 is 2.08 bits per heavy atom. The summed E-state index contributed by atoms with van der Waals surface area (Å²) in [6.07, 6.45) is -4.03. The van der Waals surface area contributed by atoms with E-state index < -0.39 is 34.0 Å². The average Bonchev–Trinajstić information content (AvgIpc) is 2.89. The summed E-state index contributed by atoms with van der Waals surface area (Å²) in [5.41, 5.74) is 0.248. The molecule has 0 atom stereocenters. The van der Waals surface area contributed by atoms with Crippen molar-refractivity contribution in [1.29, 1.82) is 0 Å². The summed E-state index contributed by atoms with van der Waals surface area (Å²) < 4.78 is 95.8. The lowest BCUT2D eigenvalue weighted by Crippen LogP contribution is -2.49. The zero-order chi connectivity index (χ0) is 18.3. The van der Waals surface area contributed by atoms with Crippen molar-refractivity contribution in [1.82, 2.24) is 0 Å². The first-order valence-electron chi connectivity index (χ1n) is 5.90. The van der Waals surface area contributed by atoms with Crippen molar-refractivity contribution in [2.45, 2.75) is 22.2 Å². The van der Waals surface area contributed by atoms with Gasteiger partial charge in [0, 0.05) is 25.0 Å². The first-order chi connectivity index (χ1) is 10.9. The normalized spacial score (nSPS) is 13.4. The molecule has 0 saturated carbocycles. The summed E-state index contributed by atoms with van der Waals surface area (Å²) in [5.74, 6) is -6.20. The van der Waals surface area contributed by atoms with E-state index in [1.807, 2.05) is 0 Å². The van der Waals surface area contributed by atoms with Gasteiger partial charge in [0.05, 0.1) is 12.5 Å². The molecule has 0 bridgehead atoms. The maximum atomic E-state index is 13.7. The van der Waals surface area contributed by atoms with E-state index in [-0.39, 0.29) is 20.1 Å². The van der Waals surface area contributed by atoms with Crippen LogP contribution in [0.4, 0.5) is 30.7 Å². The average molecular weight is 502 g/mol. The van der Waals surface area contributed by atoms with Crippen molar-refractivity contribution in [3.05, 3.63) is 39.7 Å². The van der Waals surface area contributed by atoms with Crippen molar-refractivity contribution < 1.29 is 35.2 Å². The van der Waals surface area contributed by atoms with E-state index in [9.17, 15) is 30.7 Å². The molecule has 1 aromatic heterocycles. The summed E-state index contributed by atoms with van der Waals surface area (Å²) >= 11 is 5.19. The van der Waals surface area contributed by atoms with Gasteiger partial charge in [0.1, 0.15) is 0 Å². The van der Waals surface area contributed by atoms with Crippen LogP contribution >= 0.6 is 43.6 Å². The number of alkyl halides is 7. The third-order valence-electron chi connectivity index (χ3n) is 2.79. The Morgan fingerprint density at radius 1 is 0.958 bits per heavy atom. The SMILES string of the molecule is FC(F)(F)C(F)(F)C(F)(F)Sc1cc(Br)cc(Br)c1-c1ccoc1. The van der Waals surface area contributed by atoms with E-state index in [0.29, 0.717) is 0 Å². The number of furan rings is 1. The molecule has 0 fully saturated rings. The van der Waals surface area contributed by atoms with Gasteiger partial charge in [-0.2, -0.15) is 30.7 Å². The van der Waals surface area contributed by atoms with Crippen LogP contribution in [-0.2, 0) is 0 Å². The van der Waals surface area contributed by atoms with Crippen LogP contribution in [0.15, 0.2) is 49.0 Å². The summed E-state index contributed by atoms with van der Waals surface area (Å²) in [6.45, 7) is 0. The number of halogens is 9. The van der Waals surface area contributed by atoms with Crippen molar-refractivity contribution in [3.8, 4) is 11.1 Å². The largest absolute Gasteiger partial charge is 0.472 e. The van der Waals surface area contributed by atoms with Gasteiger partial charge in [-0.15, -0.1) is 0 Å². The van der Waals surface area contributed by atoms with Gasteiger partial charge in [0.25, 0.3) is 0 Å². The predicted octanol–water partition coefficient (Wildman–Crippen LogP) is 7.35. The Bertz CT molecular complexity index is 729. The molecule has 2 rings (SSSR count). The standard InChI is InChI=1S/C13H5Br2F7OS/c14-7-3-8(15)10(6-1-2-23-5-6)9(4-7)24-13(21,22)11(16,17)12(18,19)20/h1-5H. The Labute approximate surface area is 151 Å². The van der Waals surface area contributed by atoms with E-state index in [1.165, 1.54) is 18.4 Å². The molecule has 0 unspecified atom stereocenters. The number of rotatable bonds is 4. The van der Waals surface area contributed by atoms with Gasteiger partial charge in [0.15, 0.2) is 0 Å². The first-order valence-corrected chi connectivity index (χ1v) is 8.30. The van der Waals surface area contributed by atoms with E-state index in [0.717, 1.165) is 12.3 Å². The van der Waals surface area contributed by atoms with Crippen molar-refractivity contribution >= 4 is 43.6 Å². The minimum atomic E-state index is -6.39. The van der Waals surface area contributed by atoms with E-state index in [1.54, 1.807) is 0 Å². The molecule has 0 amide bonds. The van der Waals surface area contributed by atoms with Gasteiger partial charge in [-0.1, -0.05) is 31.9 Å². The van der Waals surface area contributed by atoms with Gasteiger partial charge < -0.3 is 4.42 Å². The van der Waals surface area contributed by atoms with Gasteiger partial charge in [-0.05, 0) is 30.0 Å². The topological polar surface area (TPSA) is 13.1 Å². The molecule has 0 spiro atoms. The maximum Gasteiger partial charge on any atom is 0.460 e. The monoisotopic (exact) mass is 500 g/mol. The number of hydrogen-bond donors (Lipinski definition) is 0. The second-order valence-corrected chi connectivity index (χ2v) is 7.39. The highest BCUT2D eigenvalue weighted by molar-refractivity contribution is 9.11. The molecule has 1 nitrogen and oxygen atoms in total. The smallest absolute Gasteiger partial charge is 0.460 e. The molecular weight excluding hydrogens is 497 g/mol. The Balaban J connectivity index is 2.54. The maximum absolute atomic E-state index is 13.7. The molecule has 0 aliphatic rings. The molecule has 132 valence electrons. The third kappa shape index (κ3) is 3.62. The summed E-state index contributed by atoms with van der Waals surface area (Å²) in [5, 5.41) is -5.41. The molecule has 24 heavy (non-hydrogen) atoms. The van der Waals surface area contributed by atoms with Crippen LogP contribution in [0.3, 0.4) is 0 Å². The van der Waals surface area contributed by atoms with Crippen LogP contribution < -0.4 is 0 Å². The van der Waals surface area contributed by atoms with Crippen LogP contribution in [0.5, 0.6) is 0 Å². The second-order valence-electron chi connectivity index (χ2n) is 4.46. The van der Waals surface area contributed by atoms with Crippen molar-refractivity contribution in [3.63, 3.8) is 0 Å². The Kier molecular flexibility index (Phi) is 5.37. The highest BCUT2D eigenvalue weighted by Gasteiger charge is 2.73. The number of hydrogen-bond acceptors (Lipinski definition) is 2. The second kappa shape index (κ2) is 6.56. The molecule has 0 saturated heterocycles. The summed E-state index contributed by atoms with van der Waals surface area (Å²) in [4.78, 5) is -0.480. The van der Waals surface area contributed by atoms with Gasteiger partial charge in [-0.25, -0.2) is 0 Å². The van der Waals surface area contributed by atoms with E-state index in [2.05, 4.69) is 31.9 Å². The number of benzene rings is 1. The molecule has 1 aromatic carbocycles. The Morgan fingerprint density at radius 2 is 1.58 bits per heavy atom. The molecule has 11 heteroatoms. The lowest BCUT2D eigenvalue weighted by molar-refractivity contribution is -0.330. The summed E-state index contributed by atoms with van der Waals surface area (Å²) in [6, 6.07) is 3.82. The zero-order valence-electron chi connectivity index (χ0n) is 11.1. The highest BCUT2D eigenvalue weighted by Crippen LogP contribution is 2.56. The highest BCUT2D eigenvalue weighted by atomic mass is 79.9. The quantitative estimate of drug-likeness (QED) is 0.321. The van der Waals surface area contributed by atoms with Gasteiger partial charge in [-0.3, -0.25) is 0 Å². The van der Waals surface area contributed by atoms with E-state index in [4.69, 9.17) is 4.42 Å². The lowest BCUT2D eigenvalue weighted by atomic mass is 10.1. The van der Waals surface area contributed by atoms with Gasteiger partial charge in [0.2, 0.25) is 0 Å². The molecule has 1 heterocycles. The van der Waals surface area contributed by atoms with Crippen LogP contribution in [0, 0.1) is 0 Å². The predicted molar refractivity (Wildman–Crippen MR) is 81.3 cm³/mol. The molecule has 2 aromatic rings. The fourth-order valence-electron chi connectivity index (χ4n) is 1.68. The van der Waals surface area contributed by atoms with E-state index >= 15 is 0 Å². The fourth-order valence-corrected chi connectivity index (χ4v) is 4.46. The van der Waals surface area contributed by atoms with Gasteiger partial charge >= 0.3 is 17.4 Å². The third-order valence-corrected chi connectivity index (χ3v) is 4.93. The van der Waals surface area contributed by atoms with Crippen molar-refractivity contribution in [2.75, 3.05) is 0 Å². The molecule has 0 N–H and O–H groups in total. The van der Waals surface area contributed by atoms with Crippen molar-refractivity contribution in [2.24, 2.45) is 0 Å². The fraction of sp³-hybridized carbons (Fsp3) is 0.231. The van der Waals surface area contributed by atoms with Crippen LogP contribution in [0.2, 0.25) is 0 Å². The minimum Gasteiger partial charge on any atom is -0.472 e. The first kappa shape index (κ1) is 19.6. The molecule has 0 aliphatic heterocycles. The van der Waals surface area contributed by atoms with Crippen LogP contribution in [0.25, 0.3) is 11.1 Å². The molecule has 0 radical (unpaired) electrons. The zero-order valence-corrected chi connectivity index (χ0v) is 15.1.